The molecule has 1 aliphatic heterocycles. The van der Waals surface area contributed by atoms with Gasteiger partial charge < -0.3 is 14.9 Å². The van der Waals surface area contributed by atoms with Crippen LogP contribution in [0.3, 0.4) is 0 Å². The van der Waals surface area contributed by atoms with E-state index in [1.54, 1.807) is 7.05 Å². The molecule has 2 N–H and O–H groups in total. The maximum absolute atomic E-state index is 11.8. The van der Waals surface area contributed by atoms with Gasteiger partial charge in [0, 0.05) is 19.7 Å². The molecule has 0 bridgehead atoms. The van der Waals surface area contributed by atoms with E-state index >= 15 is 0 Å². The molecule has 2 heterocycles. The molecule has 1 aliphatic rings. The van der Waals surface area contributed by atoms with E-state index in [-0.39, 0.29) is 11.6 Å². The summed E-state index contributed by atoms with van der Waals surface area (Å²) in [4.78, 5) is 24.5. The van der Waals surface area contributed by atoms with Gasteiger partial charge in [-0.05, 0) is 19.9 Å². The fraction of sp³-hybridized carbons (Fsp3) is 0.583. The van der Waals surface area contributed by atoms with Gasteiger partial charge in [-0.3, -0.25) is 9.69 Å². The minimum absolute atomic E-state index is 0.0267. The van der Waals surface area contributed by atoms with Crippen LogP contribution in [0.5, 0.6) is 0 Å². The predicted octanol–water partition coefficient (Wildman–Crippen LogP) is 0.331. The fourth-order valence-electron chi connectivity index (χ4n) is 2.39. The number of nitrogens with one attached hydrogen (secondary N) is 1. The van der Waals surface area contributed by atoms with Crippen LogP contribution in [0.25, 0.3) is 0 Å². The Hall–Kier alpha value is -1.89. The highest BCUT2D eigenvalue weighted by Crippen LogP contribution is 2.30. The van der Waals surface area contributed by atoms with E-state index in [4.69, 9.17) is 9.63 Å². The fourth-order valence-corrected chi connectivity index (χ4v) is 2.39. The van der Waals surface area contributed by atoms with Gasteiger partial charge in [0.25, 0.3) is 0 Å². The van der Waals surface area contributed by atoms with Crippen LogP contribution in [0.15, 0.2) is 10.6 Å². The third-order valence-electron chi connectivity index (χ3n) is 3.49. The number of nitrogens with zero attached hydrogens (tertiary/aromatic N) is 2. The number of likely N-dealkylation sites (tertiary alicyclic amines) is 1. The Labute approximate surface area is 110 Å². The molecule has 104 valence electrons. The zero-order chi connectivity index (χ0) is 14.0. The topological polar surface area (TPSA) is 95.7 Å². The number of hydrogen-bond donors (Lipinski definition) is 2. The molecule has 0 aliphatic carbocycles. The van der Waals surface area contributed by atoms with E-state index < -0.39 is 11.4 Å². The second-order valence-corrected chi connectivity index (χ2v) is 5.08. The first-order valence-electron chi connectivity index (χ1n) is 6.08. The van der Waals surface area contributed by atoms with Gasteiger partial charge in [0.05, 0.1) is 12.0 Å². The maximum Gasteiger partial charge on any atom is 0.358 e. The quantitative estimate of drug-likeness (QED) is 0.816. The second-order valence-electron chi connectivity index (χ2n) is 5.08. The number of rotatable bonds is 4. The van der Waals surface area contributed by atoms with Gasteiger partial charge in [-0.25, -0.2) is 4.79 Å². The van der Waals surface area contributed by atoms with Gasteiger partial charge in [-0.15, -0.1) is 0 Å². The van der Waals surface area contributed by atoms with Crippen molar-refractivity contribution in [2.45, 2.75) is 19.9 Å². The molecule has 1 aromatic rings. The zero-order valence-electron chi connectivity index (χ0n) is 11.0. The van der Waals surface area contributed by atoms with Crippen molar-refractivity contribution in [3.05, 3.63) is 17.5 Å². The number of aromatic carboxylic acids is 1. The Bertz CT molecular complexity index is 499. The second kappa shape index (κ2) is 5.00. The van der Waals surface area contributed by atoms with Crippen molar-refractivity contribution in [3.8, 4) is 0 Å². The van der Waals surface area contributed by atoms with Crippen LogP contribution in [-0.4, -0.2) is 47.2 Å². The van der Waals surface area contributed by atoms with Gasteiger partial charge in [0.1, 0.15) is 0 Å². The predicted molar refractivity (Wildman–Crippen MR) is 65.5 cm³/mol. The van der Waals surface area contributed by atoms with Crippen LogP contribution < -0.4 is 5.32 Å². The highest BCUT2D eigenvalue weighted by molar-refractivity contribution is 5.85. The van der Waals surface area contributed by atoms with Crippen molar-refractivity contribution in [1.29, 1.82) is 0 Å². The molecule has 1 aromatic heterocycles. The normalized spacial score (nSPS) is 23.5. The molecule has 2 rings (SSSR count). The van der Waals surface area contributed by atoms with Gasteiger partial charge in [0.2, 0.25) is 5.91 Å². The van der Waals surface area contributed by atoms with Gasteiger partial charge in [-0.1, -0.05) is 5.16 Å². The number of carbonyl (C=O) groups excluding carboxylic acids is 1. The molecule has 1 atom stereocenters. The minimum Gasteiger partial charge on any atom is -0.476 e. The smallest absolute Gasteiger partial charge is 0.358 e. The summed E-state index contributed by atoms with van der Waals surface area (Å²) in [6.07, 6.45) is 0.770. The Morgan fingerprint density at radius 3 is 2.95 bits per heavy atom. The summed E-state index contributed by atoms with van der Waals surface area (Å²) >= 11 is 0. The summed E-state index contributed by atoms with van der Waals surface area (Å²) in [5.41, 5.74) is -0.493. The summed E-state index contributed by atoms with van der Waals surface area (Å²) in [5, 5.41) is 14.9. The zero-order valence-corrected chi connectivity index (χ0v) is 11.0. The lowest BCUT2D eigenvalue weighted by molar-refractivity contribution is -0.129. The average Bonchev–Trinajstić information content (AvgIpc) is 2.97. The Balaban J connectivity index is 1.98. The summed E-state index contributed by atoms with van der Waals surface area (Å²) in [5.74, 6) is -0.580. The molecule has 0 spiro atoms. The van der Waals surface area contributed by atoms with E-state index in [1.807, 2.05) is 6.92 Å². The third kappa shape index (κ3) is 2.76. The van der Waals surface area contributed by atoms with Crippen molar-refractivity contribution in [3.63, 3.8) is 0 Å². The van der Waals surface area contributed by atoms with Crippen molar-refractivity contribution in [2.75, 3.05) is 20.1 Å². The lowest BCUT2D eigenvalue weighted by Crippen LogP contribution is -2.39. The van der Waals surface area contributed by atoms with Crippen LogP contribution in [-0.2, 0) is 11.3 Å². The van der Waals surface area contributed by atoms with Gasteiger partial charge in [-0.2, -0.15) is 0 Å². The molecular formula is C12H17N3O4. The highest BCUT2D eigenvalue weighted by atomic mass is 16.5. The van der Waals surface area contributed by atoms with Crippen LogP contribution in [0.1, 0.15) is 29.6 Å². The van der Waals surface area contributed by atoms with Crippen LogP contribution in [0, 0.1) is 5.41 Å². The van der Waals surface area contributed by atoms with Crippen molar-refractivity contribution < 1.29 is 19.2 Å². The van der Waals surface area contributed by atoms with Crippen LogP contribution in [0.4, 0.5) is 0 Å². The maximum atomic E-state index is 11.8. The largest absolute Gasteiger partial charge is 0.476 e. The van der Waals surface area contributed by atoms with Gasteiger partial charge >= 0.3 is 5.97 Å². The molecule has 7 heteroatoms. The van der Waals surface area contributed by atoms with Crippen molar-refractivity contribution in [2.24, 2.45) is 5.41 Å². The molecule has 0 saturated carbocycles. The SMILES string of the molecule is CNC(=O)C1(C)CCN(Cc2cc(C(=O)O)no2)C1. The molecule has 7 nitrogen and oxygen atoms in total. The summed E-state index contributed by atoms with van der Waals surface area (Å²) in [6, 6.07) is 1.41. The molecule has 1 fully saturated rings. The Kier molecular flexibility index (Phi) is 3.57. The van der Waals surface area contributed by atoms with Crippen LogP contribution in [0.2, 0.25) is 0 Å². The minimum atomic E-state index is -1.10. The lowest BCUT2D eigenvalue weighted by atomic mass is 9.89. The molecule has 1 unspecified atom stereocenters. The van der Waals surface area contributed by atoms with E-state index in [0.717, 1.165) is 13.0 Å². The monoisotopic (exact) mass is 267 g/mol. The van der Waals surface area contributed by atoms with Crippen LogP contribution >= 0.6 is 0 Å². The number of amides is 1. The molecule has 1 amide bonds. The standard InChI is InChI=1S/C12H17N3O4/c1-12(11(18)13-2)3-4-15(7-12)6-8-5-9(10(16)17)14-19-8/h5H,3-4,6-7H2,1-2H3,(H,13,18)(H,16,17). The third-order valence-corrected chi connectivity index (χ3v) is 3.49. The van der Waals surface area contributed by atoms with Crippen molar-refractivity contribution in [1.82, 2.24) is 15.4 Å². The molecular weight excluding hydrogens is 250 g/mol. The van der Waals surface area contributed by atoms with E-state index in [2.05, 4.69) is 15.4 Å². The average molecular weight is 267 g/mol. The number of carbonyl (C=O) groups is 2. The number of aromatic nitrogens is 1. The molecule has 19 heavy (non-hydrogen) atoms. The summed E-state index contributed by atoms with van der Waals surface area (Å²) in [6.45, 7) is 3.78. The lowest BCUT2D eigenvalue weighted by Gasteiger charge is -2.22. The first-order chi connectivity index (χ1) is 8.94. The molecule has 0 radical (unpaired) electrons. The van der Waals surface area contributed by atoms with Gasteiger partial charge in [0.15, 0.2) is 11.5 Å². The van der Waals surface area contributed by atoms with E-state index in [0.29, 0.717) is 18.8 Å². The molecule has 1 saturated heterocycles. The number of hydrogen-bond acceptors (Lipinski definition) is 5. The first kappa shape index (κ1) is 13.5. The number of carboxylic acid groups (broad SMARTS) is 1. The van der Waals surface area contributed by atoms with E-state index in [1.165, 1.54) is 6.07 Å². The highest BCUT2D eigenvalue weighted by Gasteiger charge is 2.39. The first-order valence-corrected chi connectivity index (χ1v) is 6.08. The van der Waals surface area contributed by atoms with E-state index in [9.17, 15) is 9.59 Å². The number of carboxylic acids is 1. The Morgan fingerprint density at radius 2 is 2.37 bits per heavy atom. The Morgan fingerprint density at radius 1 is 1.63 bits per heavy atom. The molecule has 0 aromatic carbocycles. The summed E-state index contributed by atoms with van der Waals surface area (Å²) < 4.78 is 4.97. The van der Waals surface area contributed by atoms with Crippen molar-refractivity contribution >= 4 is 11.9 Å². The summed E-state index contributed by atoms with van der Waals surface area (Å²) in [7, 11) is 1.63.